The molecule has 6 heteroatoms. The van der Waals surface area contributed by atoms with E-state index in [-0.39, 0.29) is 16.8 Å². The summed E-state index contributed by atoms with van der Waals surface area (Å²) in [4.78, 5) is 12.5. The number of piperidine rings is 1. The molecule has 0 spiro atoms. The van der Waals surface area contributed by atoms with E-state index in [0.717, 1.165) is 24.8 Å². The highest BCUT2D eigenvalue weighted by atomic mass is 35.5. The minimum absolute atomic E-state index is 0.124. The van der Waals surface area contributed by atoms with E-state index >= 15 is 0 Å². The fraction of sp³-hybridized carbons (Fsp3) is 0.650. The lowest BCUT2D eigenvalue weighted by Crippen LogP contribution is -2.55. The third kappa shape index (κ3) is 5.08. The molecule has 26 heavy (non-hydrogen) atoms. The van der Waals surface area contributed by atoms with Crippen molar-refractivity contribution in [1.82, 2.24) is 4.31 Å². The smallest absolute Gasteiger partial charge is 0.313 e. The molecule has 0 radical (unpaired) electrons. The first kappa shape index (κ1) is 21.4. The zero-order valence-electron chi connectivity index (χ0n) is 16.4. The fourth-order valence-electron chi connectivity index (χ4n) is 3.30. The van der Waals surface area contributed by atoms with Crippen molar-refractivity contribution in [2.24, 2.45) is 5.41 Å². The third-order valence-corrected chi connectivity index (χ3v) is 6.98. The summed E-state index contributed by atoms with van der Waals surface area (Å²) in [5, 5.41) is 0.711. The van der Waals surface area contributed by atoms with Gasteiger partial charge in [-0.25, -0.2) is 8.51 Å². The number of ether oxygens (including phenoxy) is 1. The maximum atomic E-state index is 13.2. The second kappa shape index (κ2) is 8.41. The zero-order chi connectivity index (χ0) is 19.5. The lowest BCUT2D eigenvalue weighted by atomic mass is 9.79. The SMILES string of the molecule is CCOC(=O)C1(C)CCC(Cc2ccc(Cl)cc2)N(S(=O)C(C)(C)C)C1. The van der Waals surface area contributed by atoms with Crippen LogP contribution in [0, 0.1) is 5.41 Å². The summed E-state index contributed by atoms with van der Waals surface area (Å²) in [5.41, 5.74) is 0.544. The van der Waals surface area contributed by atoms with Gasteiger partial charge in [0.1, 0.15) is 0 Å². The van der Waals surface area contributed by atoms with Crippen LogP contribution in [0.4, 0.5) is 0 Å². The maximum Gasteiger partial charge on any atom is 0.313 e. The third-order valence-electron chi connectivity index (χ3n) is 4.83. The molecule has 3 atom stereocenters. The lowest BCUT2D eigenvalue weighted by Gasteiger charge is -2.45. The Morgan fingerprint density at radius 1 is 1.35 bits per heavy atom. The largest absolute Gasteiger partial charge is 0.466 e. The summed E-state index contributed by atoms with van der Waals surface area (Å²) in [6.45, 7) is 10.5. The van der Waals surface area contributed by atoms with Crippen LogP contribution in [0.25, 0.3) is 0 Å². The molecule has 1 fully saturated rings. The van der Waals surface area contributed by atoms with Crippen molar-refractivity contribution in [2.45, 2.75) is 64.7 Å². The van der Waals surface area contributed by atoms with Crippen LogP contribution in [0.15, 0.2) is 24.3 Å². The van der Waals surface area contributed by atoms with E-state index in [1.807, 2.05) is 63.2 Å². The standard InChI is InChI=1S/C20H30ClNO3S/c1-6-25-18(23)20(5)12-11-17(13-15-7-9-16(21)10-8-15)22(14-20)26(24)19(2,3)4/h7-10,17H,6,11-14H2,1-5H3. The summed E-state index contributed by atoms with van der Waals surface area (Å²) in [6.07, 6.45) is 2.33. The molecule has 4 nitrogen and oxygen atoms in total. The van der Waals surface area contributed by atoms with E-state index in [4.69, 9.17) is 16.3 Å². The fourth-order valence-corrected chi connectivity index (χ4v) is 4.98. The molecular weight excluding hydrogens is 370 g/mol. The van der Waals surface area contributed by atoms with Crippen molar-refractivity contribution in [2.75, 3.05) is 13.2 Å². The van der Waals surface area contributed by atoms with Crippen LogP contribution in [0.1, 0.15) is 53.0 Å². The summed E-state index contributed by atoms with van der Waals surface area (Å²) in [5.74, 6) is -0.194. The Balaban J connectivity index is 2.25. The Kier molecular flexibility index (Phi) is 6.92. The van der Waals surface area contributed by atoms with Crippen LogP contribution in [0.3, 0.4) is 0 Å². The van der Waals surface area contributed by atoms with Gasteiger partial charge in [-0.3, -0.25) is 4.79 Å². The van der Waals surface area contributed by atoms with Crippen molar-refractivity contribution in [3.05, 3.63) is 34.9 Å². The van der Waals surface area contributed by atoms with Gasteiger partial charge in [0.05, 0.1) is 27.8 Å². The van der Waals surface area contributed by atoms with Crippen LogP contribution < -0.4 is 0 Å². The monoisotopic (exact) mass is 399 g/mol. The molecule has 1 saturated heterocycles. The summed E-state index contributed by atoms with van der Waals surface area (Å²) >= 11 is 5.98. The first-order valence-corrected chi connectivity index (χ1v) is 10.7. The van der Waals surface area contributed by atoms with Gasteiger partial charge in [0.25, 0.3) is 0 Å². The number of hydrogen-bond donors (Lipinski definition) is 0. The molecule has 2 rings (SSSR count). The molecule has 0 amide bonds. The molecule has 0 bridgehead atoms. The summed E-state index contributed by atoms with van der Waals surface area (Å²) in [6, 6.07) is 7.92. The highest BCUT2D eigenvalue weighted by Crippen LogP contribution is 2.37. The normalized spacial score (nSPS) is 25.7. The van der Waals surface area contributed by atoms with E-state index < -0.39 is 16.4 Å². The summed E-state index contributed by atoms with van der Waals surface area (Å²) < 4.78 is 20.1. The minimum Gasteiger partial charge on any atom is -0.466 e. The zero-order valence-corrected chi connectivity index (χ0v) is 18.0. The van der Waals surface area contributed by atoms with Gasteiger partial charge in [0, 0.05) is 17.6 Å². The molecule has 0 aromatic heterocycles. The number of nitrogens with zero attached hydrogens (tertiary/aromatic N) is 1. The summed E-state index contributed by atoms with van der Waals surface area (Å²) in [7, 11) is -1.20. The number of rotatable bonds is 5. The van der Waals surface area contributed by atoms with Gasteiger partial charge in [-0.15, -0.1) is 0 Å². The Morgan fingerprint density at radius 2 is 1.96 bits per heavy atom. The van der Waals surface area contributed by atoms with Crippen molar-refractivity contribution in [1.29, 1.82) is 0 Å². The van der Waals surface area contributed by atoms with E-state index in [0.29, 0.717) is 18.2 Å². The van der Waals surface area contributed by atoms with E-state index in [9.17, 15) is 9.00 Å². The Bertz CT molecular complexity index is 656. The average molecular weight is 400 g/mol. The molecule has 3 unspecified atom stereocenters. The van der Waals surface area contributed by atoms with Crippen LogP contribution in [0.2, 0.25) is 5.02 Å². The van der Waals surface area contributed by atoms with Crippen LogP contribution in [-0.2, 0) is 26.9 Å². The molecule has 0 saturated carbocycles. The van der Waals surface area contributed by atoms with Crippen LogP contribution in [-0.4, -0.2) is 38.4 Å². The van der Waals surface area contributed by atoms with Crippen molar-refractivity contribution >= 4 is 28.6 Å². The van der Waals surface area contributed by atoms with Gasteiger partial charge in [-0.2, -0.15) is 0 Å². The minimum atomic E-state index is -1.20. The molecular formula is C20H30ClNO3S. The molecule has 146 valence electrons. The molecule has 1 aromatic carbocycles. The number of hydrogen-bond acceptors (Lipinski definition) is 3. The topological polar surface area (TPSA) is 46.6 Å². The van der Waals surface area contributed by atoms with Gasteiger partial charge in [-0.1, -0.05) is 23.7 Å². The predicted octanol–water partition coefficient (Wildman–Crippen LogP) is 4.38. The van der Waals surface area contributed by atoms with Crippen LogP contribution in [0.5, 0.6) is 0 Å². The number of esters is 1. The van der Waals surface area contributed by atoms with Crippen molar-refractivity contribution in [3.63, 3.8) is 0 Å². The number of carbonyl (C=O) groups excluding carboxylic acids is 1. The molecule has 0 N–H and O–H groups in total. The molecule has 0 aliphatic carbocycles. The highest BCUT2D eigenvalue weighted by molar-refractivity contribution is 7.84. The van der Waals surface area contributed by atoms with Crippen molar-refractivity contribution in [3.8, 4) is 0 Å². The average Bonchev–Trinajstić information content (AvgIpc) is 2.57. The van der Waals surface area contributed by atoms with Gasteiger partial charge in [-0.05, 0) is 71.6 Å². The number of benzene rings is 1. The quantitative estimate of drug-likeness (QED) is 0.690. The van der Waals surface area contributed by atoms with E-state index in [2.05, 4.69) is 0 Å². The van der Waals surface area contributed by atoms with Crippen molar-refractivity contribution < 1.29 is 13.7 Å². The Morgan fingerprint density at radius 3 is 2.50 bits per heavy atom. The molecule has 1 aromatic rings. The highest BCUT2D eigenvalue weighted by Gasteiger charge is 2.46. The second-order valence-corrected chi connectivity index (χ2v) is 10.9. The van der Waals surface area contributed by atoms with Gasteiger partial charge < -0.3 is 4.74 Å². The van der Waals surface area contributed by atoms with Crippen LogP contribution >= 0.6 is 11.6 Å². The second-order valence-electron chi connectivity index (χ2n) is 8.24. The Hall–Kier alpha value is -0.910. The first-order valence-electron chi connectivity index (χ1n) is 9.17. The maximum absolute atomic E-state index is 13.2. The van der Waals surface area contributed by atoms with Gasteiger partial charge in [0.15, 0.2) is 0 Å². The first-order chi connectivity index (χ1) is 12.1. The molecule has 1 aliphatic rings. The lowest BCUT2D eigenvalue weighted by molar-refractivity contribution is -0.157. The predicted molar refractivity (Wildman–Crippen MR) is 108 cm³/mol. The molecule has 1 heterocycles. The van der Waals surface area contributed by atoms with Gasteiger partial charge in [0.2, 0.25) is 0 Å². The number of halogens is 1. The van der Waals surface area contributed by atoms with Gasteiger partial charge >= 0.3 is 5.97 Å². The molecule has 1 aliphatic heterocycles. The van der Waals surface area contributed by atoms with E-state index in [1.165, 1.54) is 0 Å². The Labute approximate surface area is 164 Å². The number of carbonyl (C=O) groups is 1. The van der Waals surface area contributed by atoms with E-state index in [1.54, 1.807) is 0 Å².